The summed E-state index contributed by atoms with van der Waals surface area (Å²) in [6, 6.07) is 4.21. The highest BCUT2D eigenvalue weighted by Crippen LogP contribution is 2.18. The molecule has 0 spiro atoms. The summed E-state index contributed by atoms with van der Waals surface area (Å²) in [6.07, 6.45) is 1.72. The molecule has 18 heavy (non-hydrogen) atoms. The van der Waals surface area contributed by atoms with Crippen molar-refractivity contribution in [2.24, 2.45) is 0 Å². The second-order valence-corrected chi connectivity index (χ2v) is 4.70. The molecule has 0 aliphatic heterocycles. The van der Waals surface area contributed by atoms with Crippen molar-refractivity contribution in [2.75, 3.05) is 12.4 Å². The van der Waals surface area contributed by atoms with Gasteiger partial charge in [-0.25, -0.2) is 4.39 Å². The standard InChI is InChI=1S/C13H17BrFNO2/c1-3-10(6-7-14)16-13(17)9-4-5-11(15)12(8-9)18-2/h4-5,8,10H,3,6-7H2,1-2H3,(H,16,17). The van der Waals surface area contributed by atoms with E-state index in [1.54, 1.807) is 0 Å². The summed E-state index contributed by atoms with van der Waals surface area (Å²) >= 11 is 3.35. The van der Waals surface area contributed by atoms with Crippen LogP contribution in [0.15, 0.2) is 18.2 Å². The van der Waals surface area contributed by atoms with E-state index in [1.807, 2.05) is 6.92 Å². The lowest BCUT2D eigenvalue weighted by molar-refractivity contribution is 0.0934. The molecule has 0 heterocycles. The molecular weight excluding hydrogens is 301 g/mol. The van der Waals surface area contributed by atoms with Gasteiger partial charge >= 0.3 is 0 Å². The van der Waals surface area contributed by atoms with Crippen molar-refractivity contribution in [1.82, 2.24) is 5.32 Å². The van der Waals surface area contributed by atoms with Crippen LogP contribution < -0.4 is 10.1 Å². The van der Waals surface area contributed by atoms with E-state index in [2.05, 4.69) is 21.2 Å². The zero-order valence-electron chi connectivity index (χ0n) is 10.5. The largest absolute Gasteiger partial charge is 0.494 e. The monoisotopic (exact) mass is 317 g/mol. The zero-order chi connectivity index (χ0) is 13.5. The highest BCUT2D eigenvalue weighted by Gasteiger charge is 2.13. The molecule has 0 aliphatic carbocycles. The summed E-state index contributed by atoms with van der Waals surface area (Å²) in [5.41, 5.74) is 0.404. The first-order valence-corrected chi connectivity index (χ1v) is 6.94. The third kappa shape index (κ3) is 3.98. The molecule has 1 amide bonds. The molecular formula is C13H17BrFNO2. The summed E-state index contributed by atoms with van der Waals surface area (Å²) in [7, 11) is 1.37. The van der Waals surface area contributed by atoms with Gasteiger partial charge in [0.2, 0.25) is 0 Å². The minimum absolute atomic E-state index is 0.0798. The maximum absolute atomic E-state index is 13.2. The second-order valence-electron chi connectivity index (χ2n) is 3.91. The molecule has 3 nitrogen and oxygen atoms in total. The molecule has 1 aromatic rings. The lowest BCUT2D eigenvalue weighted by atomic mass is 10.1. The van der Waals surface area contributed by atoms with Crippen molar-refractivity contribution in [2.45, 2.75) is 25.8 Å². The molecule has 1 atom stereocenters. The quantitative estimate of drug-likeness (QED) is 0.819. The number of halogens is 2. The molecule has 1 N–H and O–H groups in total. The molecule has 0 fully saturated rings. The van der Waals surface area contributed by atoms with Gasteiger partial charge in [-0.1, -0.05) is 22.9 Å². The van der Waals surface area contributed by atoms with Crippen molar-refractivity contribution in [3.63, 3.8) is 0 Å². The van der Waals surface area contributed by atoms with Crippen LogP contribution in [0.3, 0.4) is 0 Å². The fourth-order valence-corrected chi connectivity index (χ4v) is 2.13. The van der Waals surface area contributed by atoms with Gasteiger partial charge < -0.3 is 10.1 Å². The summed E-state index contributed by atoms with van der Waals surface area (Å²) in [6.45, 7) is 2.01. The van der Waals surface area contributed by atoms with Crippen molar-refractivity contribution >= 4 is 21.8 Å². The van der Waals surface area contributed by atoms with Gasteiger partial charge in [0.05, 0.1) is 7.11 Å². The van der Waals surface area contributed by atoms with Gasteiger partial charge in [-0.2, -0.15) is 0 Å². The van der Waals surface area contributed by atoms with Gasteiger partial charge in [-0.05, 0) is 31.0 Å². The number of nitrogens with one attached hydrogen (secondary N) is 1. The van der Waals surface area contributed by atoms with Crippen molar-refractivity contribution in [1.29, 1.82) is 0 Å². The average Bonchev–Trinajstić information content (AvgIpc) is 2.38. The normalized spacial score (nSPS) is 12.0. The Morgan fingerprint density at radius 3 is 2.83 bits per heavy atom. The van der Waals surface area contributed by atoms with E-state index in [9.17, 15) is 9.18 Å². The van der Waals surface area contributed by atoms with Crippen LogP contribution in [0.1, 0.15) is 30.1 Å². The summed E-state index contributed by atoms with van der Waals surface area (Å²) < 4.78 is 18.1. The van der Waals surface area contributed by atoms with Gasteiger partial charge in [-0.15, -0.1) is 0 Å². The number of hydrogen-bond acceptors (Lipinski definition) is 2. The fourth-order valence-electron chi connectivity index (χ4n) is 1.58. The van der Waals surface area contributed by atoms with Crippen LogP contribution in [0, 0.1) is 5.82 Å². The third-order valence-corrected chi connectivity index (χ3v) is 3.16. The number of methoxy groups -OCH3 is 1. The van der Waals surface area contributed by atoms with Crippen molar-refractivity contribution < 1.29 is 13.9 Å². The van der Waals surface area contributed by atoms with Gasteiger partial charge in [0, 0.05) is 16.9 Å². The number of rotatable bonds is 6. The Hall–Kier alpha value is -1.10. The van der Waals surface area contributed by atoms with E-state index >= 15 is 0 Å². The molecule has 0 saturated carbocycles. The molecule has 0 radical (unpaired) electrons. The molecule has 1 unspecified atom stereocenters. The van der Waals surface area contributed by atoms with Crippen molar-refractivity contribution in [3.8, 4) is 5.75 Å². The first kappa shape index (κ1) is 15.0. The lowest BCUT2D eigenvalue weighted by Crippen LogP contribution is -2.34. The Morgan fingerprint density at radius 1 is 1.56 bits per heavy atom. The van der Waals surface area contributed by atoms with Crippen LogP contribution >= 0.6 is 15.9 Å². The topological polar surface area (TPSA) is 38.3 Å². The molecule has 1 rings (SSSR count). The van der Waals surface area contributed by atoms with Gasteiger partial charge in [0.15, 0.2) is 11.6 Å². The number of benzene rings is 1. The first-order chi connectivity index (χ1) is 8.62. The van der Waals surface area contributed by atoms with Crippen LogP contribution in [0.4, 0.5) is 4.39 Å². The number of ether oxygens (including phenoxy) is 1. The van der Waals surface area contributed by atoms with Crippen LogP contribution in [-0.2, 0) is 0 Å². The van der Waals surface area contributed by atoms with E-state index in [0.29, 0.717) is 5.56 Å². The highest BCUT2D eigenvalue weighted by molar-refractivity contribution is 9.09. The van der Waals surface area contributed by atoms with Crippen molar-refractivity contribution in [3.05, 3.63) is 29.6 Å². The Bertz CT molecular complexity index is 412. The molecule has 0 bridgehead atoms. The van der Waals surface area contributed by atoms with E-state index in [-0.39, 0.29) is 17.7 Å². The average molecular weight is 318 g/mol. The van der Waals surface area contributed by atoms with Gasteiger partial charge in [0.25, 0.3) is 5.91 Å². The predicted octanol–water partition coefficient (Wildman–Crippen LogP) is 3.13. The molecule has 0 saturated heterocycles. The Balaban J connectivity index is 2.77. The lowest BCUT2D eigenvalue weighted by Gasteiger charge is -2.16. The smallest absolute Gasteiger partial charge is 0.251 e. The fraction of sp³-hybridized carbons (Fsp3) is 0.462. The number of amides is 1. The number of carbonyl (C=O) groups excluding carboxylic acids is 1. The summed E-state index contributed by atoms with van der Waals surface area (Å²) in [5, 5.41) is 3.74. The second kappa shape index (κ2) is 7.36. The molecule has 0 aliphatic rings. The Kier molecular flexibility index (Phi) is 6.12. The van der Waals surface area contributed by atoms with Gasteiger partial charge in [-0.3, -0.25) is 4.79 Å². The minimum atomic E-state index is -0.471. The van der Waals surface area contributed by atoms with Gasteiger partial charge in [0.1, 0.15) is 0 Å². The molecule has 100 valence electrons. The molecule has 0 aromatic heterocycles. The van der Waals surface area contributed by atoms with E-state index < -0.39 is 5.82 Å². The number of hydrogen-bond donors (Lipinski definition) is 1. The summed E-state index contributed by atoms with van der Waals surface area (Å²) in [4.78, 5) is 12.0. The SMILES string of the molecule is CCC(CCBr)NC(=O)c1ccc(F)c(OC)c1. The first-order valence-electron chi connectivity index (χ1n) is 5.82. The van der Waals surface area contributed by atoms with Crippen LogP contribution in [0.2, 0.25) is 0 Å². The van der Waals surface area contributed by atoms with Crippen LogP contribution in [0.5, 0.6) is 5.75 Å². The zero-order valence-corrected chi connectivity index (χ0v) is 12.1. The number of alkyl halides is 1. The minimum Gasteiger partial charge on any atom is -0.494 e. The van der Waals surface area contributed by atoms with Crippen LogP contribution in [0.25, 0.3) is 0 Å². The maximum atomic E-state index is 13.2. The third-order valence-electron chi connectivity index (χ3n) is 2.70. The van der Waals surface area contributed by atoms with E-state index in [1.165, 1.54) is 25.3 Å². The van der Waals surface area contributed by atoms with E-state index in [0.717, 1.165) is 18.2 Å². The predicted molar refractivity (Wildman–Crippen MR) is 72.9 cm³/mol. The maximum Gasteiger partial charge on any atom is 0.251 e. The molecule has 5 heteroatoms. The summed E-state index contributed by atoms with van der Waals surface area (Å²) in [5.74, 6) is -0.598. The van der Waals surface area contributed by atoms with E-state index in [4.69, 9.17) is 4.74 Å². The Morgan fingerprint density at radius 2 is 2.28 bits per heavy atom. The van der Waals surface area contributed by atoms with Crippen LogP contribution in [-0.4, -0.2) is 24.4 Å². The molecule has 1 aromatic carbocycles. The highest BCUT2D eigenvalue weighted by atomic mass is 79.9. The number of carbonyl (C=O) groups is 1. The Labute approximate surface area is 115 Å².